The maximum atomic E-state index is 8.80. The molecule has 0 bridgehead atoms. The van der Waals surface area contributed by atoms with Crippen molar-refractivity contribution < 1.29 is 0 Å². The second-order valence-electron chi connectivity index (χ2n) is 3.70. The summed E-state index contributed by atoms with van der Waals surface area (Å²) in [6, 6.07) is 2.03. The van der Waals surface area contributed by atoms with E-state index in [2.05, 4.69) is 30.4 Å². The molecule has 94 valence electrons. The zero-order valence-corrected chi connectivity index (χ0v) is 12.6. The maximum absolute atomic E-state index is 8.80. The largest absolute Gasteiger partial charge is 0.360 e. The van der Waals surface area contributed by atoms with Gasteiger partial charge in [-0.1, -0.05) is 36.8 Å². The van der Waals surface area contributed by atoms with Crippen LogP contribution in [0, 0.1) is 11.3 Å². The molecular formula is C11H16ClN3S2. The Bertz CT molecular complexity index is 399. The van der Waals surface area contributed by atoms with E-state index in [-0.39, 0.29) is 4.75 Å². The summed E-state index contributed by atoms with van der Waals surface area (Å²) in [5, 5.41) is 13.1. The Labute approximate surface area is 116 Å². The molecule has 1 aromatic heterocycles. The summed E-state index contributed by atoms with van der Waals surface area (Å²) in [7, 11) is 0. The molecule has 1 rings (SSSR count). The smallest absolute Gasteiger partial charge is 0.185 e. The molecule has 0 aliphatic carbocycles. The van der Waals surface area contributed by atoms with E-state index in [1.165, 1.54) is 11.3 Å². The van der Waals surface area contributed by atoms with Gasteiger partial charge < -0.3 is 5.32 Å². The lowest BCUT2D eigenvalue weighted by atomic mass is 10.0. The fourth-order valence-corrected chi connectivity index (χ4v) is 3.28. The first-order valence-corrected chi connectivity index (χ1v) is 7.88. The van der Waals surface area contributed by atoms with Gasteiger partial charge in [-0.15, -0.1) is 0 Å². The van der Waals surface area contributed by atoms with Crippen LogP contribution in [0.2, 0.25) is 5.15 Å². The number of hydrogen-bond donors (Lipinski definition) is 1. The summed E-state index contributed by atoms with van der Waals surface area (Å²) < 4.78 is 0.227. The minimum absolute atomic E-state index is 0.227. The van der Waals surface area contributed by atoms with Crippen molar-refractivity contribution in [3.05, 3.63) is 10.0 Å². The van der Waals surface area contributed by atoms with Crippen molar-refractivity contribution in [2.24, 2.45) is 0 Å². The fraction of sp³-hybridized carbons (Fsp3) is 0.636. The zero-order chi connectivity index (χ0) is 12.9. The summed E-state index contributed by atoms with van der Waals surface area (Å²) in [6.07, 6.45) is 4.33. The van der Waals surface area contributed by atoms with Crippen LogP contribution in [0.4, 0.5) is 5.13 Å². The Morgan fingerprint density at radius 3 is 2.59 bits per heavy atom. The highest BCUT2D eigenvalue weighted by atomic mass is 35.5. The molecule has 3 nitrogen and oxygen atoms in total. The minimum atomic E-state index is 0.227. The molecule has 0 amide bonds. The third kappa shape index (κ3) is 3.51. The monoisotopic (exact) mass is 289 g/mol. The Morgan fingerprint density at radius 1 is 1.53 bits per heavy atom. The lowest BCUT2D eigenvalue weighted by Crippen LogP contribution is -2.31. The van der Waals surface area contributed by atoms with Crippen molar-refractivity contribution >= 4 is 39.8 Å². The molecule has 0 aliphatic heterocycles. The normalized spacial score (nSPS) is 11.2. The quantitative estimate of drug-likeness (QED) is 0.860. The average molecular weight is 290 g/mol. The van der Waals surface area contributed by atoms with Gasteiger partial charge in [0.15, 0.2) is 10.3 Å². The van der Waals surface area contributed by atoms with Gasteiger partial charge in [-0.3, -0.25) is 0 Å². The number of nitrogens with zero attached hydrogens (tertiary/aromatic N) is 2. The van der Waals surface area contributed by atoms with Crippen LogP contribution in [-0.4, -0.2) is 22.5 Å². The van der Waals surface area contributed by atoms with Gasteiger partial charge in [0.1, 0.15) is 10.9 Å². The zero-order valence-electron chi connectivity index (χ0n) is 10.2. The molecule has 0 saturated heterocycles. The van der Waals surface area contributed by atoms with Crippen molar-refractivity contribution in [1.82, 2.24) is 4.98 Å². The number of rotatable bonds is 6. The molecule has 1 aromatic rings. The van der Waals surface area contributed by atoms with E-state index < -0.39 is 0 Å². The SMILES string of the molecule is CCC(CC)(CNc1nc(Cl)c(C#N)s1)SC. The predicted octanol–water partition coefficient (Wildman–Crippen LogP) is 4.00. The summed E-state index contributed by atoms with van der Waals surface area (Å²) in [5.74, 6) is 0. The van der Waals surface area contributed by atoms with Crippen LogP contribution in [0.1, 0.15) is 31.6 Å². The van der Waals surface area contributed by atoms with Crippen molar-refractivity contribution in [1.29, 1.82) is 5.26 Å². The van der Waals surface area contributed by atoms with Gasteiger partial charge in [0.05, 0.1) is 0 Å². The van der Waals surface area contributed by atoms with Crippen molar-refractivity contribution in [2.45, 2.75) is 31.4 Å². The van der Waals surface area contributed by atoms with E-state index in [1.54, 1.807) is 0 Å². The third-order valence-corrected chi connectivity index (χ3v) is 5.86. The second kappa shape index (κ2) is 6.48. The standard InChI is InChI=1S/C11H16ClN3S2/c1-4-11(5-2,16-3)7-14-10-15-9(12)8(6-13)17-10/h4-5,7H2,1-3H3,(H,14,15). The highest BCUT2D eigenvalue weighted by Gasteiger charge is 2.25. The first-order chi connectivity index (χ1) is 8.10. The first-order valence-electron chi connectivity index (χ1n) is 5.46. The average Bonchev–Trinajstić information content (AvgIpc) is 2.72. The van der Waals surface area contributed by atoms with Gasteiger partial charge in [0, 0.05) is 11.3 Å². The van der Waals surface area contributed by atoms with Crippen LogP contribution >= 0.6 is 34.7 Å². The van der Waals surface area contributed by atoms with Crippen LogP contribution in [0.5, 0.6) is 0 Å². The summed E-state index contributed by atoms with van der Waals surface area (Å²) in [5.41, 5.74) is 0. The van der Waals surface area contributed by atoms with Crippen molar-refractivity contribution in [3.8, 4) is 6.07 Å². The van der Waals surface area contributed by atoms with Gasteiger partial charge in [-0.05, 0) is 19.1 Å². The molecule has 0 radical (unpaired) electrons. The molecule has 1 N–H and O–H groups in total. The Balaban J connectivity index is 2.69. The number of nitrogens with one attached hydrogen (secondary N) is 1. The summed E-state index contributed by atoms with van der Waals surface area (Å²) >= 11 is 9.01. The molecule has 0 unspecified atom stereocenters. The molecule has 0 aromatic carbocycles. The third-order valence-electron chi connectivity index (χ3n) is 2.97. The lowest BCUT2D eigenvalue weighted by molar-refractivity contribution is 0.574. The molecule has 0 fully saturated rings. The maximum Gasteiger partial charge on any atom is 0.185 e. The number of halogens is 1. The van der Waals surface area contributed by atoms with Gasteiger partial charge in [-0.25, -0.2) is 4.98 Å². The van der Waals surface area contributed by atoms with E-state index in [9.17, 15) is 0 Å². The fourth-order valence-electron chi connectivity index (χ4n) is 1.54. The van der Waals surface area contributed by atoms with E-state index in [4.69, 9.17) is 16.9 Å². The van der Waals surface area contributed by atoms with Crippen LogP contribution in [0.15, 0.2) is 0 Å². The summed E-state index contributed by atoms with van der Waals surface area (Å²) in [4.78, 5) is 4.60. The Kier molecular flexibility index (Phi) is 5.57. The molecule has 6 heteroatoms. The van der Waals surface area contributed by atoms with E-state index in [0.717, 1.165) is 24.5 Å². The summed E-state index contributed by atoms with van der Waals surface area (Å²) in [6.45, 7) is 5.23. The lowest BCUT2D eigenvalue weighted by Gasteiger charge is -2.29. The molecule has 0 atom stereocenters. The molecule has 0 aliphatic rings. The molecule has 0 spiro atoms. The number of nitriles is 1. The minimum Gasteiger partial charge on any atom is -0.360 e. The van der Waals surface area contributed by atoms with Gasteiger partial charge in [0.2, 0.25) is 0 Å². The van der Waals surface area contributed by atoms with E-state index in [1.807, 2.05) is 17.8 Å². The second-order valence-corrected chi connectivity index (χ2v) is 6.33. The van der Waals surface area contributed by atoms with Crippen LogP contribution in [0.3, 0.4) is 0 Å². The van der Waals surface area contributed by atoms with Gasteiger partial charge in [0.25, 0.3) is 0 Å². The number of anilines is 1. The highest BCUT2D eigenvalue weighted by Crippen LogP contribution is 2.32. The number of aromatic nitrogens is 1. The van der Waals surface area contributed by atoms with Crippen LogP contribution in [-0.2, 0) is 0 Å². The Morgan fingerprint density at radius 2 is 2.18 bits per heavy atom. The number of hydrogen-bond acceptors (Lipinski definition) is 5. The topological polar surface area (TPSA) is 48.7 Å². The molecule has 1 heterocycles. The van der Waals surface area contributed by atoms with Crippen LogP contribution < -0.4 is 5.32 Å². The molecule has 17 heavy (non-hydrogen) atoms. The number of thiazole rings is 1. The van der Waals surface area contributed by atoms with Crippen molar-refractivity contribution in [2.75, 3.05) is 18.1 Å². The highest BCUT2D eigenvalue weighted by molar-refractivity contribution is 8.00. The van der Waals surface area contributed by atoms with Gasteiger partial charge >= 0.3 is 0 Å². The number of thioether (sulfide) groups is 1. The Hall–Kier alpha value is -0.440. The molecular weight excluding hydrogens is 274 g/mol. The first kappa shape index (κ1) is 14.6. The predicted molar refractivity (Wildman–Crippen MR) is 77.2 cm³/mol. The van der Waals surface area contributed by atoms with Crippen LogP contribution in [0.25, 0.3) is 0 Å². The van der Waals surface area contributed by atoms with E-state index >= 15 is 0 Å². The van der Waals surface area contributed by atoms with E-state index in [0.29, 0.717) is 10.0 Å². The van der Waals surface area contributed by atoms with Gasteiger partial charge in [-0.2, -0.15) is 17.0 Å². The van der Waals surface area contributed by atoms with Crippen molar-refractivity contribution in [3.63, 3.8) is 0 Å². The molecule has 0 saturated carbocycles.